The molecule has 0 amide bonds. The minimum Gasteiger partial charge on any atom is -0.464 e. The van der Waals surface area contributed by atoms with E-state index in [4.69, 9.17) is 9.40 Å². The summed E-state index contributed by atoms with van der Waals surface area (Å²) in [6.45, 7) is 11.4. The standard InChI is InChI=1S/C33H31NOS/c1-20(2)16-22-10-11-25(26-12-14-35-31(22)26)27-19-30(34-29-13-15-36-32(27)29)23-17-21-8-6-7-9-24(21)28(18-23)33(3,4)5/h6-15,17-20H,16H2,1-5H3. The summed E-state index contributed by atoms with van der Waals surface area (Å²) in [5.41, 5.74) is 9.29. The van der Waals surface area contributed by atoms with Gasteiger partial charge in [0.2, 0.25) is 0 Å². The maximum Gasteiger partial charge on any atom is 0.137 e. The Morgan fingerprint density at radius 1 is 0.889 bits per heavy atom. The molecular weight excluding hydrogens is 458 g/mol. The van der Waals surface area contributed by atoms with Crippen LogP contribution in [0.4, 0.5) is 0 Å². The van der Waals surface area contributed by atoms with E-state index in [1.54, 1.807) is 11.3 Å². The molecule has 0 saturated carbocycles. The van der Waals surface area contributed by atoms with Gasteiger partial charge in [-0.3, -0.25) is 0 Å². The number of furan rings is 1. The van der Waals surface area contributed by atoms with Gasteiger partial charge in [0.15, 0.2) is 0 Å². The first-order valence-corrected chi connectivity index (χ1v) is 13.6. The molecule has 3 heteroatoms. The molecule has 0 aliphatic carbocycles. The first-order chi connectivity index (χ1) is 17.3. The van der Waals surface area contributed by atoms with E-state index < -0.39 is 0 Å². The average molecular weight is 490 g/mol. The van der Waals surface area contributed by atoms with Gasteiger partial charge >= 0.3 is 0 Å². The zero-order valence-electron chi connectivity index (χ0n) is 21.6. The Hall–Kier alpha value is -3.43. The van der Waals surface area contributed by atoms with E-state index in [1.165, 1.54) is 43.1 Å². The van der Waals surface area contributed by atoms with Crippen molar-refractivity contribution in [2.45, 2.75) is 46.5 Å². The van der Waals surface area contributed by atoms with Gasteiger partial charge in [-0.25, -0.2) is 4.98 Å². The molecule has 3 aromatic carbocycles. The van der Waals surface area contributed by atoms with E-state index in [-0.39, 0.29) is 5.41 Å². The topological polar surface area (TPSA) is 26.0 Å². The largest absolute Gasteiger partial charge is 0.464 e. The molecule has 180 valence electrons. The summed E-state index contributed by atoms with van der Waals surface area (Å²) in [6, 6.07) is 24.4. The fourth-order valence-electron chi connectivity index (χ4n) is 5.34. The van der Waals surface area contributed by atoms with Crippen LogP contribution in [0, 0.1) is 5.92 Å². The van der Waals surface area contributed by atoms with Crippen molar-refractivity contribution in [1.82, 2.24) is 4.98 Å². The predicted molar refractivity (Wildman–Crippen MR) is 155 cm³/mol. The zero-order chi connectivity index (χ0) is 25.0. The summed E-state index contributed by atoms with van der Waals surface area (Å²) < 4.78 is 7.23. The zero-order valence-corrected chi connectivity index (χ0v) is 22.4. The average Bonchev–Trinajstić information content (AvgIpc) is 3.52. The molecule has 0 aliphatic rings. The van der Waals surface area contributed by atoms with E-state index in [0.29, 0.717) is 5.92 Å². The fraction of sp³-hybridized carbons (Fsp3) is 0.242. The van der Waals surface area contributed by atoms with Gasteiger partial charge in [0, 0.05) is 16.5 Å². The summed E-state index contributed by atoms with van der Waals surface area (Å²) >= 11 is 1.76. The lowest BCUT2D eigenvalue weighted by molar-refractivity contribution is 0.595. The smallest absolute Gasteiger partial charge is 0.137 e. The van der Waals surface area contributed by atoms with Gasteiger partial charge < -0.3 is 4.42 Å². The van der Waals surface area contributed by atoms with Gasteiger partial charge in [-0.15, -0.1) is 11.3 Å². The molecule has 6 rings (SSSR count). The molecule has 2 nitrogen and oxygen atoms in total. The first-order valence-electron chi connectivity index (χ1n) is 12.7. The van der Waals surface area contributed by atoms with Crippen molar-refractivity contribution in [3.05, 3.63) is 89.5 Å². The second kappa shape index (κ2) is 8.60. The number of hydrogen-bond donors (Lipinski definition) is 0. The van der Waals surface area contributed by atoms with Crippen molar-refractivity contribution in [2.24, 2.45) is 5.92 Å². The number of rotatable bonds is 4. The monoisotopic (exact) mass is 489 g/mol. The van der Waals surface area contributed by atoms with Crippen LogP contribution in [0.15, 0.2) is 82.8 Å². The summed E-state index contributed by atoms with van der Waals surface area (Å²) in [4.78, 5) is 5.13. The quantitative estimate of drug-likeness (QED) is 0.246. The number of thiophene rings is 1. The molecule has 0 atom stereocenters. The van der Waals surface area contributed by atoms with Crippen LogP contribution < -0.4 is 0 Å². The highest BCUT2D eigenvalue weighted by Gasteiger charge is 2.20. The third-order valence-electron chi connectivity index (χ3n) is 6.99. The third kappa shape index (κ3) is 3.92. The van der Waals surface area contributed by atoms with Gasteiger partial charge in [0.25, 0.3) is 0 Å². The minimum atomic E-state index is 0.0279. The number of aromatic nitrogens is 1. The summed E-state index contributed by atoms with van der Waals surface area (Å²) in [5, 5.41) is 5.88. The fourth-order valence-corrected chi connectivity index (χ4v) is 6.20. The Bertz CT molecular complexity index is 1730. The normalized spacial score (nSPS) is 12.4. The van der Waals surface area contributed by atoms with Crippen LogP contribution in [0.5, 0.6) is 0 Å². The molecule has 3 heterocycles. The highest BCUT2D eigenvalue weighted by atomic mass is 32.1. The minimum absolute atomic E-state index is 0.0279. The second-order valence-corrected chi connectivity index (χ2v) is 12.1. The van der Waals surface area contributed by atoms with Crippen LogP contribution >= 0.6 is 11.3 Å². The van der Waals surface area contributed by atoms with E-state index in [9.17, 15) is 0 Å². The van der Waals surface area contributed by atoms with Crippen LogP contribution in [-0.4, -0.2) is 4.98 Å². The Kier molecular flexibility index (Phi) is 5.49. The molecule has 0 spiro atoms. The van der Waals surface area contributed by atoms with Crippen molar-refractivity contribution < 1.29 is 4.42 Å². The number of benzene rings is 3. The van der Waals surface area contributed by atoms with E-state index >= 15 is 0 Å². The van der Waals surface area contributed by atoms with Crippen molar-refractivity contribution in [2.75, 3.05) is 0 Å². The molecule has 0 fully saturated rings. The Balaban J connectivity index is 1.60. The molecule has 0 radical (unpaired) electrons. The van der Waals surface area contributed by atoms with Crippen LogP contribution in [0.3, 0.4) is 0 Å². The van der Waals surface area contributed by atoms with Gasteiger partial charge in [-0.2, -0.15) is 0 Å². The molecule has 0 bridgehead atoms. The second-order valence-electron chi connectivity index (χ2n) is 11.2. The van der Waals surface area contributed by atoms with Crippen molar-refractivity contribution in [3.8, 4) is 22.4 Å². The van der Waals surface area contributed by atoms with Crippen LogP contribution in [0.2, 0.25) is 0 Å². The van der Waals surface area contributed by atoms with Crippen LogP contribution in [0.25, 0.3) is 54.3 Å². The maximum atomic E-state index is 6.01. The summed E-state index contributed by atoms with van der Waals surface area (Å²) in [6.07, 6.45) is 2.83. The first kappa shape index (κ1) is 23.0. The number of fused-ring (bicyclic) bond motifs is 3. The maximum absolute atomic E-state index is 6.01. The third-order valence-corrected chi connectivity index (χ3v) is 7.93. The SMILES string of the molecule is CC(C)Cc1ccc(-c2cc(-c3cc(C(C)(C)C)c4ccccc4c3)nc3ccsc23)c2ccoc12. The molecule has 3 aromatic heterocycles. The van der Waals surface area contributed by atoms with Crippen molar-refractivity contribution in [1.29, 1.82) is 0 Å². The Labute approximate surface area is 216 Å². The van der Waals surface area contributed by atoms with E-state index in [2.05, 4.69) is 107 Å². The Morgan fingerprint density at radius 3 is 2.53 bits per heavy atom. The van der Waals surface area contributed by atoms with Gasteiger partial charge in [-0.1, -0.05) is 71.0 Å². The number of hydrogen-bond acceptors (Lipinski definition) is 3. The lowest BCUT2D eigenvalue weighted by atomic mass is 9.82. The number of nitrogens with zero attached hydrogens (tertiary/aromatic N) is 1. The number of pyridine rings is 1. The van der Waals surface area contributed by atoms with E-state index in [1.807, 2.05) is 6.26 Å². The van der Waals surface area contributed by atoms with Gasteiger partial charge in [0.1, 0.15) is 5.58 Å². The molecule has 0 unspecified atom stereocenters. The van der Waals surface area contributed by atoms with Crippen molar-refractivity contribution >= 4 is 43.3 Å². The van der Waals surface area contributed by atoms with Crippen LogP contribution in [0.1, 0.15) is 45.7 Å². The predicted octanol–water partition coefficient (Wildman–Crippen LogP) is 10.0. The molecule has 6 aromatic rings. The molecule has 0 aliphatic heterocycles. The van der Waals surface area contributed by atoms with E-state index in [0.717, 1.165) is 28.8 Å². The van der Waals surface area contributed by atoms with Crippen molar-refractivity contribution in [3.63, 3.8) is 0 Å². The van der Waals surface area contributed by atoms with Gasteiger partial charge in [-0.05, 0) is 80.9 Å². The summed E-state index contributed by atoms with van der Waals surface area (Å²) in [7, 11) is 0. The molecule has 0 saturated heterocycles. The Morgan fingerprint density at radius 2 is 1.72 bits per heavy atom. The van der Waals surface area contributed by atoms with Gasteiger partial charge in [0.05, 0.1) is 22.2 Å². The van der Waals surface area contributed by atoms with Crippen LogP contribution in [-0.2, 0) is 11.8 Å². The highest BCUT2D eigenvalue weighted by molar-refractivity contribution is 7.17. The molecular formula is C33H31NOS. The lowest BCUT2D eigenvalue weighted by Gasteiger charge is -2.23. The molecule has 0 N–H and O–H groups in total. The lowest BCUT2D eigenvalue weighted by Crippen LogP contribution is -2.12. The summed E-state index contributed by atoms with van der Waals surface area (Å²) in [5.74, 6) is 0.575. The highest BCUT2D eigenvalue weighted by Crippen LogP contribution is 2.41. The molecule has 36 heavy (non-hydrogen) atoms.